The van der Waals surface area contributed by atoms with Gasteiger partial charge in [0, 0.05) is 19.5 Å². The molecule has 0 spiro atoms. The van der Waals surface area contributed by atoms with Crippen LogP contribution in [0.3, 0.4) is 0 Å². The van der Waals surface area contributed by atoms with Gasteiger partial charge in [0.25, 0.3) is 0 Å². The lowest BCUT2D eigenvalue weighted by Crippen LogP contribution is -2.29. The van der Waals surface area contributed by atoms with Crippen molar-refractivity contribution in [2.45, 2.75) is 13.8 Å². The first kappa shape index (κ1) is 12.5. The summed E-state index contributed by atoms with van der Waals surface area (Å²) in [4.78, 5) is 10.5. The zero-order chi connectivity index (χ0) is 12.2. The Morgan fingerprint density at radius 3 is 2.75 bits per heavy atom. The molecule has 7 nitrogen and oxygen atoms in total. The summed E-state index contributed by atoms with van der Waals surface area (Å²) in [7, 11) is -3.50. The molecular formula is C8H13N3O4S. The molecule has 8 heteroatoms. The molecule has 1 aromatic heterocycles. The lowest BCUT2D eigenvalue weighted by Gasteiger charge is -2.04. The number of aryl methyl sites for hydroxylation is 1. The molecule has 90 valence electrons. The van der Waals surface area contributed by atoms with E-state index < -0.39 is 10.0 Å². The second-order valence-electron chi connectivity index (χ2n) is 3.23. The Balaban J connectivity index is 2.49. The standard InChI is InChI=1S/C8H13N3O4S/c1-6-5-8(10-15-6)11-16(13,14)4-3-9-7(2)12/h5H,3-4H2,1-2H3,(H,9,12)(H,10,11). The lowest BCUT2D eigenvalue weighted by molar-refractivity contribution is -0.118. The Bertz CT molecular complexity index is 465. The molecule has 0 aromatic carbocycles. The fraction of sp³-hybridized carbons (Fsp3) is 0.500. The lowest BCUT2D eigenvalue weighted by atomic mass is 10.5. The SMILES string of the molecule is CC(=O)NCCS(=O)(=O)Nc1cc(C)on1. The highest BCUT2D eigenvalue weighted by molar-refractivity contribution is 7.92. The summed E-state index contributed by atoms with van der Waals surface area (Å²) in [5.74, 6) is 0.172. The van der Waals surface area contributed by atoms with Gasteiger partial charge in [-0.3, -0.25) is 9.52 Å². The van der Waals surface area contributed by atoms with Gasteiger partial charge in [-0.1, -0.05) is 5.16 Å². The summed E-state index contributed by atoms with van der Waals surface area (Å²) in [6.07, 6.45) is 0. The predicted molar refractivity (Wildman–Crippen MR) is 57.3 cm³/mol. The van der Waals surface area contributed by atoms with E-state index in [1.54, 1.807) is 6.92 Å². The molecule has 0 unspecified atom stereocenters. The van der Waals surface area contributed by atoms with E-state index in [2.05, 4.69) is 15.2 Å². The van der Waals surface area contributed by atoms with Crippen molar-refractivity contribution in [3.63, 3.8) is 0 Å². The van der Waals surface area contributed by atoms with Crippen LogP contribution >= 0.6 is 0 Å². The molecule has 0 atom stereocenters. The molecule has 2 N–H and O–H groups in total. The molecule has 0 aliphatic rings. The van der Waals surface area contributed by atoms with E-state index in [0.29, 0.717) is 5.76 Å². The summed E-state index contributed by atoms with van der Waals surface area (Å²) in [6.45, 7) is 3.03. The van der Waals surface area contributed by atoms with Gasteiger partial charge in [-0.15, -0.1) is 0 Å². The molecule has 1 heterocycles. The van der Waals surface area contributed by atoms with Crippen molar-refractivity contribution in [1.82, 2.24) is 10.5 Å². The van der Waals surface area contributed by atoms with Crippen LogP contribution in [0.25, 0.3) is 0 Å². The number of rotatable bonds is 5. The third-order valence-electron chi connectivity index (χ3n) is 1.63. The van der Waals surface area contributed by atoms with Crippen LogP contribution in [0.2, 0.25) is 0 Å². The maximum atomic E-state index is 11.4. The number of nitrogens with one attached hydrogen (secondary N) is 2. The van der Waals surface area contributed by atoms with Crippen molar-refractivity contribution in [2.75, 3.05) is 17.0 Å². The number of aromatic nitrogens is 1. The van der Waals surface area contributed by atoms with Gasteiger partial charge in [-0.05, 0) is 6.92 Å². The van der Waals surface area contributed by atoms with Gasteiger partial charge in [0.15, 0.2) is 5.82 Å². The Kier molecular flexibility index (Phi) is 3.88. The fourth-order valence-corrected chi connectivity index (χ4v) is 1.87. The smallest absolute Gasteiger partial charge is 0.235 e. The van der Waals surface area contributed by atoms with Crippen molar-refractivity contribution >= 4 is 21.7 Å². The molecule has 0 radical (unpaired) electrons. The zero-order valence-electron chi connectivity index (χ0n) is 8.98. The first-order chi connectivity index (χ1) is 7.39. The van der Waals surface area contributed by atoms with Gasteiger partial charge in [0.2, 0.25) is 15.9 Å². The van der Waals surface area contributed by atoms with Crippen LogP contribution in [0.15, 0.2) is 10.6 Å². The number of sulfonamides is 1. The number of carbonyl (C=O) groups excluding carboxylic acids is 1. The normalized spacial score (nSPS) is 11.1. The monoisotopic (exact) mass is 247 g/mol. The largest absolute Gasteiger partial charge is 0.360 e. The molecule has 0 aliphatic heterocycles. The highest BCUT2D eigenvalue weighted by Crippen LogP contribution is 2.08. The first-order valence-corrected chi connectivity index (χ1v) is 6.22. The molecular weight excluding hydrogens is 234 g/mol. The average molecular weight is 247 g/mol. The van der Waals surface area contributed by atoms with Crippen LogP contribution in [0, 0.1) is 6.92 Å². The minimum atomic E-state index is -3.50. The van der Waals surface area contributed by atoms with E-state index in [1.165, 1.54) is 13.0 Å². The zero-order valence-corrected chi connectivity index (χ0v) is 9.80. The van der Waals surface area contributed by atoms with Crippen LogP contribution in [-0.2, 0) is 14.8 Å². The Morgan fingerprint density at radius 1 is 1.56 bits per heavy atom. The Hall–Kier alpha value is -1.57. The minimum Gasteiger partial charge on any atom is -0.360 e. The number of hydrogen-bond donors (Lipinski definition) is 2. The average Bonchev–Trinajstić information content (AvgIpc) is 2.48. The first-order valence-electron chi connectivity index (χ1n) is 4.57. The van der Waals surface area contributed by atoms with Crippen LogP contribution < -0.4 is 10.0 Å². The summed E-state index contributed by atoms with van der Waals surface area (Å²) in [5, 5.41) is 5.88. The molecule has 0 saturated heterocycles. The van der Waals surface area contributed by atoms with E-state index >= 15 is 0 Å². The van der Waals surface area contributed by atoms with Crippen LogP contribution in [0.5, 0.6) is 0 Å². The molecule has 0 fully saturated rings. The topological polar surface area (TPSA) is 101 Å². The van der Waals surface area contributed by atoms with E-state index in [9.17, 15) is 13.2 Å². The van der Waals surface area contributed by atoms with Crippen LogP contribution in [-0.4, -0.2) is 31.8 Å². The number of amides is 1. The second-order valence-corrected chi connectivity index (χ2v) is 5.07. The van der Waals surface area contributed by atoms with Crippen molar-refractivity contribution in [3.05, 3.63) is 11.8 Å². The third-order valence-corrected chi connectivity index (χ3v) is 2.89. The van der Waals surface area contributed by atoms with Gasteiger partial charge in [-0.2, -0.15) is 0 Å². The van der Waals surface area contributed by atoms with E-state index in [0.717, 1.165) is 0 Å². The van der Waals surface area contributed by atoms with Gasteiger partial charge in [0.05, 0.1) is 5.75 Å². The maximum Gasteiger partial charge on any atom is 0.235 e. The molecule has 1 aromatic rings. The van der Waals surface area contributed by atoms with Crippen molar-refractivity contribution in [3.8, 4) is 0 Å². The molecule has 1 amide bonds. The molecule has 16 heavy (non-hydrogen) atoms. The number of nitrogens with zero attached hydrogens (tertiary/aromatic N) is 1. The van der Waals surface area contributed by atoms with Crippen molar-refractivity contribution in [2.24, 2.45) is 0 Å². The highest BCUT2D eigenvalue weighted by Gasteiger charge is 2.12. The van der Waals surface area contributed by atoms with Gasteiger partial charge in [0.1, 0.15) is 5.76 Å². The molecule has 0 saturated carbocycles. The van der Waals surface area contributed by atoms with E-state index in [1.807, 2.05) is 0 Å². The maximum absolute atomic E-state index is 11.4. The summed E-state index contributed by atoms with van der Waals surface area (Å²) >= 11 is 0. The van der Waals surface area contributed by atoms with Gasteiger partial charge >= 0.3 is 0 Å². The van der Waals surface area contributed by atoms with Gasteiger partial charge in [-0.25, -0.2) is 8.42 Å². The van der Waals surface area contributed by atoms with Crippen LogP contribution in [0.4, 0.5) is 5.82 Å². The number of anilines is 1. The van der Waals surface area contributed by atoms with Crippen molar-refractivity contribution < 1.29 is 17.7 Å². The van der Waals surface area contributed by atoms with E-state index in [-0.39, 0.29) is 24.0 Å². The summed E-state index contributed by atoms with van der Waals surface area (Å²) in [5.41, 5.74) is 0. The Morgan fingerprint density at radius 2 is 2.25 bits per heavy atom. The van der Waals surface area contributed by atoms with E-state index in [4.69, 9.17) is 4.52 Å². The highest BCUT2D eigenvalue weighted by atomic mass is 32.2. The van der Waals surface area contributed by atoms with Crippen molar-refractivity contribution in [1.29, 1.82) is 0 Å². The molecule has 1 rings (SSSR count). The molecule has 0 bridgehead atoms. The minimum absolute atomic E-state index is 0.0570. The number of hydrogen-bond acceptors (Lipinski definition) is 5. The quantitative estimate of drug-likeness (QED) is 0.754. The second kappa shape index (κ2) is 4.97. The third kappa shape index (κ3) is 4.30. The predicted octanol–water partition coefficient (Wildman–Crippen LogP) is -0.139. The summed E-state index contributed by atoms with van der Waals surface area (Å²) in [6, 6.07) is 1.47. The molecule has 0 aliphatic carbocycles. The fourth-order valence-electron chi connectivity index (χ4n) is 0.986. The Labute approximate surface area is 93.2 Å². The number of carbonyl (C=O) groups is 1. The van der Waals surface area contributed by atoms with Crippen LogP contribution in [0.1, 0.15) is 12.7 Å². The summed E-state index contributed by atoms with van der Waals surface area (Å²) < 4.78 is 29.8. The van der Waals surface area contributed by atoms with Gasteiger partial charge < -0.3 is 9.84 Å².